The number of nitrogens with one attached hydrogen (secondary N) is 1. The van der Waals surface area contributed by atoms with E-state index < -0.39 is 0 Å². The number of fused-ring (bicyclic) bond motifs is 1. The molecule has 138 valence electrons. The molecule has 0 radical (unpaired) electrons. The Morgan fingerprint density at radius 2 is 1.85 bits per heavy atom. The summed E-state index contributed by atoms with van der Waals surface area (Å²) in [7, 11) is 0. The summed E-state index contributed by atoms with van der Waals surface area (Å²) in [5.74, 6) is 1.30. The Bertz CT molecular complexity index is 833. The molecule has 2 aliphatic rings. The van der Waals surface area contributed by atoms with Gasteiger partial charge >= 0.3 is 0 Å². The van der Waals surface area contributed by atoms with Crippen molar-refractivity contribution in [1.82, 2.24) is 19.8 Å². The number of aromatic nitrogens is 2. The normalized spacial score (nSPS) is 19.3. The molecule has 0 unspecified atom stereocenters. The third-order valence-electron chi connectivity index (χ3n) is 5.68. The van der Waals surface area contributed by atoms with E-state index in [0.717, 1.165) is 76.2 Å². The summed E-state index contributed by atoms with van der Waals surface area (Å²) in [4.78, 5) is 36.5. The van der Waals surface area contributed by atoms with Crippen LogP contribution in [0.4, 0.5) is 0 Å². The zero-order valence-corrected chi connectivity index (χ0v) is 15.1. The molecule has 6 heteroatoms. The van der Waals surface area contributed by atoms with Gasteiger partial charge in [-0.25, -0.2) is 4.98 Å². The number of aromatic amines is 1. The van der Waals surface area contributed by atoms with Crippen LogP contribution in [0.25, 0.3) is 10.9 Å². The molecule has 0 bridgehead atoms. The third-order valence-corrected chi connectivity index (χ3v) is 5.68. The predicted octanol–water partition coefficient (Wildman–Crippen LogP) is 1.80. The Balaban J connectivity index is 1.31. The molecule has 2 aliphatic heterocycles. The van der Waals surface area contributed by atoms with Crippen molar-refractivity contribution in [2.24, 2.45) is 5.92 Å². The Kier molecular flexibility index (Phi) is 5.02. The van der Waals surface area contributed by atoms with Crippen molar-refractivity contribution in [2.75, 3.05) is 32.7 Å². The first-order chi connectivity index (χ1) is 12.7. The van der Waals surface area contributed by atoms with Crippen LogP contribution in [0, 0.1) is 5.92 Å². The topological polar surface area (TPSA) is 69.3 Å². The van der Waals surface area contributed by atoms with Gasteiger partial charge in [-0.1, -0.05) is 12.1 Å². The fourth-order valence-electron chi connectivity index (χ4n) is 4.12. The molecule has 3 heterocycles. The highest BCUT2D eigenvalue weighted by Crippen LogP contribution is 2.22. The number of carbonyl (C=O) groups is 1. The number of hydrogen-bond acceptors (Lipinski definition) is 4. The number of nitrogens with zero attached hydrogens (tertiary/aromatic N) is 3. The van der Waals surface area contributed by atoms with E-state index in [1.807, 2.05) is 23.1 Å². The third kappa shape index (κ3) is 3.65. The van der Waals surface area contributed by atoms with E-state index in [4.69, 9.17) is 0 Å². The van der Waals surface area contributed by atoms with Gasteiger partial charge < -0.3 is 14.8 Å². The van der Waals surface area contributed by atoms with Crippen LogP contribution in [-0.4, -0.2) is 58.4 Å². The van der Waals surface area contributed by atoms with Crippen LogP contribution in [0.3, 0.4) is 0 Å². The van der Waals surface area contributed by atoms with Crippen molar-refractivity contribution in [3.8, 4) is 0 Å². The Morgan fingerprint density at radius 1 is 1.12 bits per heavy atom. The minimum absolute atomic E-state index is 0.0690. The number of amides is 1. The monoisotopic (exact) mass is 354 g/mol. The molecule has 1 aromatic heterocycles. The van der Waals surface area contributed by atoms with Crippen molar-refractivity contribution in [3.63, 3.8) is 0 Å². The van der Waals surface area contributed by atoms with Gasteiger partial charge in [0.25, 0.3) is 5.56 Å². The minimum Gasteiger partial charge on any atom is -0.342 e. The van der Waals surface area contributed by atoms with Gasteiger partial charge in [0, 0.05) is 32.0 Å². The van der Waals surface area contributed by atoms with Crippen LogP contribution in [-0.2, 0) is 11.2 Å². The fourth-order valence-corrected chi connectivity index (χ4v) is 4.12. The van der Waals surface area contributed by atoms with E-state index in [1.54, 1.807) is 6.07 Å². The number of para-hydroxylation sites is 1. The standard InChI is InChI=1S/C20H26N4O2/c25-19-16-5-1-2-6-17(16)21-18(22-19)9-14-23-12-7-15(8-13-23)20(26)24-10-3-4-11-24/h1-2,5-6,15H,3-4,7-14H2,(H,21,22,25). The highest BCUT2D eigenvalue weighted by Gasteiger charge is 2.29. The number of likely N-dealkylation sites (tertiary alicyclic amines) is 2. The maximum absolute atomic E-state index is 12.5. The molecule has 1 amide bonds. The molecule has 0 spiro atoms. The number of piperidine rings is 1. The molecule has 0 saturated carbocycles. The molecule has 1 aromatic carbocycles. The van der Waals surface area contributed by atoms with Gasteiger partial charge in [0.15, 0.2) is 0 Å². The highest BCUT2D eigenvalue weighted by atomic mass is 16.2. The zero-order valence-electron chi connectivity index (χ0n) is 15.1. The number of rotatable bonds is 4. The molecule has 0 atom stereocenters. The summed E-state index contributed by atoms with van der Waals surface area (Å²) in [6.45, 7) is 4.65. The summed E-state index contributed by atoms with van der Waals surface area (Å²) in [5, 5.41) is 0.637. The van der Waals surface area contributed by atoms with E-state index in [0.29, 0.717) is 11.3 Å². The fraction of sp³-hybridized carbons (Fsp3) is 0.550. The van der Waals surface area contributed by atoms with Crippen molar-refractivity contribution >= 4 is 16.8 Å². The van der Waals surface area contributed by atoms with Crippen molar-refractivity contribution in [3.05, 3.63) is 40.4 Å². The number of H-pyrrole nitrogens is 1. The van der Waals surface area contributed by atoms with Gasteiger partial charge in [0.2, 0.25) is 5.91 Å². The molecule has 0 aliphatic carbocycles. The number of carbonyl (C=O) groups excluding carboxylic acids is 1. The first-order valence-corrected chi connectivity index (χ1v) is 9.70. The van der Waals surface area contributed by atoms with Crippen molar-refractivity contribution in [1.29, 1.82) is 0 Å². The van der Waals surface area contributed by atoms with Crippen LogP contribution in [0.1, 0.15) is 31.5 Å². The summed E-state index contributed by atoms with van der Waals surface area (Å²) in [5.41, 5.74) is 0.682. The van der Waals surface area contributed by atoms with Crippen LogP contribution in [0.2, 0.25) is 0 Å². The average molecular weight is 354 g/mol. The van der Waals surface area contributed by atoms with Crippen molar-refractivity contribution < 1.29 is 4.79 Å². The maximum atomic E-state index is 12.5. The number of benzene rings is 1. The Labute approximate surface area is 153 Å². The van der Waals surface area contributed by atoms with Gasteiger partial charge in [0.1, 0.15) is 5.82 Å². The average Bonchev–Trinajstić information content (AvgIpc) is 3.21. The highest BCUT2D eigenvalue weighted by molar-refractivity contribution is 5.79. The first kappa shape index (κ1) is 17.2. The van der Waals surface area contributed by atoms with Gasteiger partial charge in [-0.2, -0.15) is 0 Å². The smallest absolute Gasteiger partial charge is 0.258 e. The quantitative estimate of drug-likeness (QED) is 0.909. The second kappa shape index (κ2) is 7.58. The SMILES string of the molecule is O=C(C1CCN(CCc2nc3ccccc3c(=O)[nH]2)CC1)N1CCCC1. The van der Waals surface area contributed by atoms with Crippen LogP contribution >= 0.6 is 0 Å². The molecule has 26 heavy (non-hydrogen) atoms. The summed E-state index contributed by atoms with van der Waals surface area (Å²) >= 11 is 0. The van der Waals surface area contributed by atoms with Gasteiger partial charge in [-0.3, -0.25) is 9.59 Å². The molecule has 2 fully saturated rings. The second-order valence-corrected chi connectivity index (χ2v) is 7.43. The van der Waals surface area contributed by atoms with Crippen LogP contribution < -0.4 is 5.56 Å². The van der Waals surface area contributed by atoms with E-state index in [-0.39, 0.29) is 11.5 Å². The van der Waals surface area contributed by atoms with Gasteiger partial charge in [-0.05, 0) is 50.9 Å². The van der Waals surface area contributed by atoms with E-state index in [2.05, 4.69) is 14.9 Å². The predicted molar refractivity (Wildman–Crippen MR) is 101 cm³/mol. The lowest BCUT2D eigenvalue weighted by molar-refractivity contribution is -0.135. The Morgan fingerprint density at radius 3 is 2.62 bits per heavy atom. The van der Waals surface area contributed by atoms with E-state index in [9.17, 15) is 9.59 Å². The van der Waals surface area contributed by atoms with Crippen LogP contribution in [0.15, 0.2) is 29.1 Å². The lowest BCUT2D eigenvalue weighted by Crippen LogP contribution is -2.42. The van der Waals surface area contributed by atoms with Crippen LogP contribution in [0.5, 0.6) is 0 Å². The summed E-state index contributed by atoms with van der Waals surface area (Å²) < 4.78 is 0. The summed E-state index contributed by atoms with van der Waals surface area (Å²) in [6, 6.07) is 7.43. The molecule has 1 N–H and O–H groups in total. The molecular weight excluding hydrogens is 328 g/mol. The molecular formula is C20H26N4O2. The van der Waals surface area contributed by atoms with E-state index >= 15 is 0 Å². The molecule has 2 aromatic rings. The van der Waals surface area contributed by atoms with Crippen molar-refractivity contribution in [2.45, 2.75) is 32.1 Å². The van der Waals surface area contributed by atoms with Gasteiger partial charge in [-0.15, -0.1) is 0 Å². The zero-order chi connectivity index (χ0) is 17.9. The maximum Gasteiger partial charge on any atom is 0.258 e. The Hall–Kier alpha value is -2.21. The molecule has 4 rings (SSSR count). The summed E-state index contributed by atoms with van der Waals surface area (Å²) in [6.07, 6.45) is 4.92. The lowest BCUT2D eigenvalue weighted by Gasteiger charge is -2.33. The first-order valence-electron chi connectivity index (χ1n) is 9.70. The molecule has 2 saturated heterocycles. The number of hydrogen-bond donors (Lipinski definition) is 1. The molecule has 6 nitrogen and oxygen atoms in total. The van der Waals surface area contributed by atoms with Gasteiger partial charge in [0.05, 0.1) is 10.9 Å². The lowest BCUT2D eigenvalue weighted by atomic mass is 9.95. The minimum atomic E-state index is -0.0690. The largest absolute Gasteiger partial charge is 0.342 e. The van der Waals surface area contributed by atoms with E-state index in [1.165, 1.54) is 0 Å². The second-order valence-electron chi connectivity index (χ2n) is 7.43.